The van der Waals surface area contributed by atoms with E-state index in [9.17, 15) is 10.2 Å². The maximum Gasteiger partial charge on any atom is 0.150 e. The molecule has 22 heavy (non-hydrogen) atoms. The number of β-amino-alcohol motifs (C(OH)–C–C–N with tert-alkyl or cyclic N) is 1. The third-order valence-electron chi connectivity index (χ3n) is 5.50. The van der Waals surface area contributed by atoms with Gasteiger partial charge in [-0.05, 0) is 25.7 Å². The van der Waals surface area contributed by atoms with Crippen LogP contribution >= 0.6 is 0 Å². The fraction of sp³-hybridized carbons (Fsp3) is 0.824. The van der Waals surface area contributed by atoms with Gasteiger partial charge in [0.1, 0.15) is 0 Å². The quantitative estimate of drug-likeness (QED) is 0.894. The van der Waals surface area contributed by atoms with Crippen LogP contribution < -0.4 is 0 Å². The second-order valence-corrected chi connectivity index (χ2v) is 7.01. The van der Waals surface area contributed by atoms with Crippen LogP contribution in [0.15, 0.2) is 10.6 Å². The van der Waals surface area contributed by atoms with Crippen LogP contribution in [0.4, 0.5) is 0 Å². The molecule has 5 heteroatoms. The van der Waals surface area contributed by atoms with Crippen molar-refractivity contribution in [2.45, 2.75) is 76.0 Å². The molecule has 0 radical (unpaired) electrons. The lowest BCUT2D eigenvalue weighted by molar-refractivity contribution is -0.122. The molecule has 0 aromatic carbocycles. The van der Waals surface area contributed by atoms with Gasteiger partial charge in [-0.1, -0.05) is 31.3 Å². The summed E-state index contributed by atoms with van der Waals surface area (Å²) in [6, 6.07) is 2.09. The molecule has 2 atom stereocenters. The molecule has 1 saturated heterocycles. The van der Waals surface area contributed by atoms with Gasteiger partial charge in [-0.3, -0.25) is 4.90 Å². The summed E-state index contributed by atoms with van der Waals surface area (Å²) in [6.07, 6.45) is 6.88. The number of rotatable bonds is 4. The number of aliphatic hydroxyl groups is 2. The minimum atomic E-state index is -0.925. The number of nitrogens with zero attached hydrogens (tertiary/aromatic N) is 2. The minimum absolute atomic E-state index is 0.490. The monoisotopic (exact) mass is 308 g/mol. The zero-order valence-corrected chi connectivity index (χ0v) is 13.5. The summed E-state index contributed by atoms with van der Waals surface area (Å²) in [5.41, 5.74) is 0.169. The Hall–Kier alpha value is -0.910. The molecule has 0 amide bonds. The molecule has 5 nitrogen and oxygen atoms in total. The first-order valence-corrected chi connectivity index (χ1v) is 8.69. The molecule has 1 aromatic heterocycles. The first-order chi connectivity index (χ1) is 10.6. The Bertz CT molecular complexity index is 484. The Morgan fingerprint density at radius 3 is 2.82 bits per heavy atom. The zero-order valence-electron chi connectivity index (χ0n) is 13.5. The summed E-state index contributed by atoms with van der Waals surface area (Å²) in [7, 11) is 0. The first kappa shape index (κ1) is 16.0. The molecule has 1 saturated carbocycles. The average molecular weight is 308 g/mol. The van der Waals surface area contributed by atoms with E-state index in [-0.39, 0.29) is 0 Å². The third-order valence-corrected chi connectivity index (χ3v) is 5.50. The molecule has 1 aliphatic carbocycles. The molecule has 1 aliphatic heterocycles. The third kappa shape index (κ3) is 3.36. The SMILES string of the molecule is CC[C@@]1(O)CCN(Cc2cc(C3CCCCC3)no2)C[C@H]1O. The summed E-state index contributed by atoms with van der Waals surface area (Å²) >= 11 is 0. The maximum atomic E-state index is 10.3. The summed E-state index contributed by atoms with van der Waals surface area (Å²) in [4.78, 5) is 2.14. The van der Waals surface area contributed by atoms with Gasteiger partial charge in [-0.15, -0.1) is 0 Å². The number of hydrogen-bond donors (Lipinski definition) is 2. The lowest BCUT2D eigenvalue weighted by atomic mass is 9.86. The fourth-order valence-corrected chi connectivity index (χ4v) is 3.79. The molecule has 2 heterocycles. The highest BCUT2D eigenvalue weighted by Crippen LogP contribution is 2.32. The summed E-state index contributed by atoms with van der Waals surface area (Å²) in [5, 5.41) is 24.7. The van der Waals surface area contributed by atoms with E-state index in [0.29, 0.717) is 31.8 Å². The predicted octanol–water partition coefficient (Wildman–Crippen LogP) is 2.43. The van der Waals surface area contributed by atoms with Gasteiger partial charge >= 0.3 is 0 Å². The number of aromatic nitrogens is 1. The van der Waals surface area contributed by atoms with Crippen LogP contribution in [0.2, 0.25) is 0 Å². The molecule has 0 bridgehead atoms. The number of piperidine rings is 1. The second kappa shape index (κ2) is 6.69. The van der Waals surface area contributed by atoms with E-state index in [0.717, 1.165) is 18.0 Å². The highest BCUT2D eigenvalue weighted by Gasteiger charge is 2.39. The molecular formula is C17H28N2O3. The van der Waals surface area contributed by atoms with Crippen LogP contribution in [0.3, 0.4) is 0 Å². The van der Waals surface area contributed by atoms with Crippen molar-refractivity contribution < 1.29 is 14.7 Å². The lowest BCUT2D eigenvalue weighted by Crippen LogP contribution is -2.54. The van der Waals surface area contributed by atoms with Crippen LogP contribution in [0, 0.1) is 0 Å². The van der Waals surface area contributed by atoms with Crippen LogP contribution in [0.1, 0.15) is 69.2 Å². The Morgan fingerprint density at radius 1 is 1.36 bits per heavy atom. The smallest absolute Gasteiger partial charge is 0.150 e. The van der Waals surface area contributed by atoms with Gasteiger partial charge in [0.25, 0.3) is 0 Å². The Balaban J connectivity index is 1.57. The highest BCUT2D eigenvalue weighted by molar-refractivity contribution is 5.11. The van der Waals surface area contributed by atoms with Gasteiger partial charge in [-0.25, -0.2) is 0 Å². The van der Waals surface area contributed by atoms with E-state index >= 15 is 0 Å². The Kier molecular flexibility index (Phi) is 4.85. The van der Waals surface area contributed by atoms with Crippen LogP contribution in [0.5, 0.6) is 0 Å². The van der Waals surface area contributed by atoms with Crippen molar-refractivity contribution in [3.63, 3.8) is 0 Å². The van der Waals surface area contributed by atoms with Gasteiger partial charge in [-0.2, -0.15) is 0 Å². The van der Waals surface area contributed by atoms with Crippen LogP contribution in [-0.4, -0.2) is 45.1 Å². The van der Waals surface area contributed by atoms with E-state index in [4.69, 9.17) is 4.52 Å². The summed E-state index contributed by atoms with van der Waals surface area (Å²) in [6.45, 7) is 3.85. The highest BCUT2D eigenvalue weighted by atomic mass is 16.5. The number of likely N-dealkylation sites (tertiary alicyclic amines) is 1. The largest absolute Gasteiger partial charge is 0.389 e. The van der Waals surface area contributed by atoms with Crippen LogP contribution in [-0.2, 0) is 6.54 Å². The predicted molar refractivity (Wildman–Crippen MR) is 83.5 cm³/mol. The summed E-state index contributed by atoms with van der Waals surface area (Å²) < 4.78 is 5.50. The molecule has 0 spiro atoms. The van der Waals surface area contributed by atoms with Crippen molar-refractivity contribution in [1.29, 1.82) is 0 Å². The van der Waals surface area contributed by atoms with Gasteiger partial charge in [0.05, 0.1) is 23.9 Å². The lowest BCUT2D eigenvalue weighted by Gasteiger charge is -2.41. The average Bonchev–Trinajstić information content (AvgIpc) is 3.00. The molecule has 2 N–H and O–H groups in total. The van der Waals surface area contributed by atoms with Gasteiger partial charge in [0.15, 0.2) is 5.76 Å². The Labute approximate surface area is 132 Å². The molecule has 2 aliphatic rings. The van der Waals surface area contributed by atoms with Gasteiger partial charge < -0.3 is 14.7 Å². The zero-order chi connectivity index (χ0) is 15.6. The van der Waals surface area contributed by atoms with Crippen molar-refractivity contribution in [2.24, 2.45) is 0 Å². The first-order valence-electron chi connectivity index (χ1n) is 8.69. The van der Waals surface area contributed by atoms with Crippen molar-refractivity contribution in [3.8, 4) is 0 Å². The molecule has 1 aromatic rings. The normalized spacial score (nSPS) is 31.5. The van der Waals surface area contributed by atoms with E-state index in [1.807, 2.05) is 6.92 Å². The second-order valence-electron chi connectivity index (χ2n) is 7.01. The standard InChI is InChI=1S/C17H28N2O3/c1-2-17(21)8-9-19(12-16(17)20)11-14-10-15(18-22-14)13-6-4-3-5-7-13/h10,13,16,20-21H,2-9,11-12H2,1H3/t16-,17-/m1/s1. The minimum Gasteiger partial charge on any atom is -0.389 e. The van der Waals surface area contributed by atoms with Crippen LogP contribution in [0.25, 0.3) is 0 Å². The van der Waals surface area contributed by atoms with Crippen molar-refractivity contribution in [2.75, 3.05) is 13.1 Å². The number of hydrogen-bond acceptors (Lipinski definition) is 5. The van der Waals surface area contributed by atoms with Gasteiger partial charge in [0, 0.05) is 25.1 Å². The maximum absolute atomic E-state index is 10.3. The molecular weight excluding hydrogens is 280 g/mol. The van der Waals surface area contributed by atoms with Crippen molar-refractivity contribution >= 4 is 0 Å². The van der Waals surface area contributed by atoms with E-state index in [2.05, 4.69) is 16.1 Å². The molecule has 3 rings (SSSR count). The summed E-state index contributed by atoms with van der Waals surface area (Å²) in [5.74, 6) is 1.43. The molecule has 0 unspecified atom stereocenters. The van der Waals surface area contributed by atoms with Crippen molar-refractivity contribution in [3.05, 3.63) is 17.5 Å². The van der Waals surface area contributed by atoms with E-state index in [1.54, 1.807) is 0 Å². The molecule has 124 valence electrons. The molecule has 2 fully saturated rings. The topological polar surface area (TPSA) is 69.7 Å². The fourth-order valence-electron chi connectivity index (χ4n) is 3.79. The van der Waals surface area contributed by atoms with E-state index < -0.39 is 11.7 Å². The van der Waals surface area contributed by atoms with Gasteiger partial charge in [0.2, 0.25) is 0 Å². The van der Waals surface area contributed by atoms with Crippen molar-refractivity contribution in [1.82, 2.24) is 10.1 Å². The van der Waals surface area contributed by atoms with E-state index in [1.165, 1.54) is 32.1 Å². The Morgan fingerprint density at radius 2 is 2.14 bits per heavy atom. The number of aliphatic hydroxyl groups excluding tert-OH is 1.